The summed E-state index contributed by atoms with van der Waals surface area (Å²) >= 11 is 0. The number of aromatic hydroxyl groups is 1. The van der Waals surface area contributed by atoms with Crippen LogP contribution in [0.3, 0.4) is 0 Å². The molecular weight excluding hydrogens is 707 g/mol. The highest BCUT2D eigenvalue weighted by molar-refractivity contribution is 5.94. The van der Waals surface area contributed by atoms with E-state index in [1.165, 1.54) is 64.2 Å². The molecule has 56 heavy (non-hydrogen) atoms. The quantitative estimate of drug-likeness (QED) is 0.164. The monoisotopic (exact) mass is 773 g/mol. The summed E-state index contributed by atoms with van der Waals surface area (Å²) in [6, 6.07) is 3.33. The fraction of sp³-hybridized carbons (Fsp3) is 0.674. The summed E-state index contributed by atoms with van der Waals surface area (Å²) < 4.78 is 38.8. The van der Waals surface area contributed by atoms with E-state index in [1.54, 1.807) is 12.3 Å². The van der Waals surface area contributed by atoms with Gasteiger partial charge in [-0.3, -0.25) is 4.98 Å². The number of ether oxygens (including phenoxy) is 1. The number of benzene rings is 1. The highest BCUT2D eigenvalue weighted by Gasteiger charge is 2.45. The van der Waals surface area contributed by atoms with E-state index >= 15 is 8.78 Å². The van der Waals surface area contributed by atoms with E-state index in [0.29, 0.717) is 58.7 Å². The number of aryl methyl sites for hydroxylation is 1. The average Bonchev–Trinajstić information content (AvgIpc) is 3.17. The number of aromatic nitrogens is 3. The van der Waals surface area contributed by atoms with Gasteiger partial charge < -0.3 is 24.5 Å². The number of nitrogens with zero attached hydrogens (tertiary/aromatic N) is 6. The van der Waals surface area contributed by atoms with Gasteiger partial charge in [0.05, 0.1) is 12.0 Å². The normalized spacial score (nSPS) is 21.4. The Balaban J connectivity index is 1.11. The number of rotatable bonds is 15. The van der Waals surface area contributed by atoms with Gasteiger partial charge in [-0.15, -0.1) is 0 Å². The van der Waals surface area contributed by atoms with Crippen molar-refractivity contribution in [1.82, 2.24) is 24.8 Å². The maximum atomic E-state index is 17.1. The number of halogens is 2. The number of phenols is 1. The molecule has 2 atom stereocenters. The third-order valence-electron chi connectivity index (χ3n) is 13.6. The van der Waals surface area contributed by atoms with Crippen LogP contribution >= 0.6 is 0 Å². The second-order valence-corrected chi connectivity index (χ2v) is 18.3. The summed E-state index contributed by atoms with van der Waals surface area (Å²) in [5, 5.41) is 11.3. The van der Waals surface area contributed by atoms with Crippen LogP contribution in [0.5, 0.6) is 11.8 Å². The zero-order valence-electron chi connectivity index (χ0n) is 35.0. The number of hydrogen-bond donors (Lipinski definition) is 1. The molecule has 2 aromatic heterocycles. The molecule has 0 radical (unpaired) electrons. The number of anilines is 1. The van der Waals surface area contributed by atoms with Gasteiger partial charge in [0.25, 0.3) is 0 Å². The predicted molar refractivity (Wildman–Crippen MR) is 223 cm³/mol. The third kappa shape index (κ3) is 8.57. The van der Waals surface area contributed by atoms with Crippen LogP contribution in [0.4, 0.5) is 14.6 Å². The Labute approximate surface area is 334 Å². The van der Waals surface area contributed by atoms with Crippen LogP contribution in [0.1, 0.15) is 123 Å². The Hall–Kier alpha value is -3.37. The molecule has 3 aromatic rings. The summed E-state index contributed by atoms with van der Waals surface area (Å²) in [5.74, 6) is 1.15. The highest BCUT2D eigenvalue weighted by atomic mass is 19.1. The Morgan fingerprint density at radius 2 is 1.75 bits per heavy atom. The van der Waals surface area contributed by atoms with Crippen molar-refractivity contribution in [2.24, 2.45) is 22.7 Å². The summed E-state index contributed by atoms with van der Waals surface area (Å²) in [5.41, 5.74) is 2.87. The number of pyridine rings is 1. The van der Waals surface area contributed by atoms with Gasteiger partial charge in [0.15, 0.2) is 5.82 Å². The average molecular weight is 773 g/mol. The predicted octanol–water partition coefficient (Wildman–Crippen LogP) is 10.2. The molecule has 3 aliphatic heterocycles. The molecule has 8 nitrogen and oxygen atoms in total. The van der Waals surface area contributed by atoms with Crippen molar-refractivity contribution >= 4 is 22.3 Å². The molecule has 10 heteroatoms. The van der Waals surface area contributed by atoms with Crippen LogP contribution in [0.2, 0.25) is 0 Å². The molecule has 1 N–H and O–H groups in total. The van der Waals surface area contributed by atoms with Gasteiger partial charge in [-0.2, -0.15) is 9.97 Å². The number of fused-ring (bicyclic) bond motifs is 2. The SMILES string of the molecule is CCCC(CCC)CN1CC2(CCN(CC(C)(CC)COc3nc(N4CCCC(C)C4)c4cnc(-c5cc(O)cc6c5C(CC)=C(F)CC6)c(F)c4n3)CC2)C1. The zero-order chi connectivity index (χ0) is 39.6. The molecule has 1 aliphatic carbocycles. The zero-order valence-corrected chi connectivity index (χ0v) is 35.0. The molecule has 1 aromatic carbocycles. The van der Waals surface area contributed by atoms with Crippen LogP contribution < -0.4 is 9.64 Å². The summed E-state index contributed by atoms with van der Waals surface area (Å²) in [6.07, 6.45) is 13.6. The lowest BCUT2D eigenvalue weighted by molar-refractivity contribution is -0.0610. The number of piperidine rings is 2. The summed E-state index contributed by atoms with van der Waals surface area (Å²) in [7, 11) is 0. The molecule has 5 heterocycles. The standard InChI is InChI=1S/C46H66F2N6O2/c1-7-12-32(13-8-2)26-53-28-46(29-53)17-20-52(21-18-46)27-45(6,10-4)30-56-44-50-42-37(43(51-44)54-19-11-14-31(5)25-54)24-49-41(40(42)48)36-23-34(55)22-33-15-16-38(47)35(9-3)39(33)36/h22-24,31-32,55H,7-21,25-30H2,1-6H3. The smallest absolute Gasteiger partial charge is 0.319 e. The van der Waals surface area contributed by atoms with Crippen LogP contribution in [0.25, 0.3) is 27.7 Å². The molecule has 4 aliphatic rings. The van der Waals surface area contributed by atoms with Gasteiger partial charge in [0, 0.05) is 62.9 Å². The number of allylic oxidation sites excluding steroid dienone is 2. The largest absolute Gasteiger partial charge is 0.508 e. The van der Waals surface area contributed by atoms with Gasteiger partial charge >= 0.3 is 6.01 Å². The lowest BCUT2D eigenvalue weighted by Crippen LogP contribution is -2.61. The van der Waals surface area contributed by atoms with E-state index in [0.717, 1.165) is 63.5 Å². The first-order valence-electron chi connectivity index (χ1n) is 21.9. The van der Waals surface area contributed by atoms with Gasteiger partial charge in [-0.1, -0.05) is 54.4 Å². The van der Waals surface area contributed by atoms with Crippen molar-refractivity contribution in [2.75, 3.05) is 63.9 Å². The van der Waals surface area contributed by atoms with E-state index in [9.17, 15) is 5.11 Å². The van der Waals surface area contributed by atoms with Crippen LogP contribution in [-0.2, 0) is 6.42 Å². The highest BCUT2D eigenvalue weighted by Crippen LogP contribution is 2.45. The Morgan fingerprint density at radius 3 is 2.43 bits per heavy atom. The summed E-state index contributed by atoms with van der Waals surface area (Å²) in [6.45, 7) is 22.2. The molecule has 2 unspecified atom stereocenters. The van der Waals surface area contributed by atoms with E-state index in [2.05, 4.69) is 54.3 Å². The van der Waals surface area contributed by atoms with Crippen LogP contribution in [0.15, 0.2) is 24.2 Å². The Bertz CT molecular complexity index is 1880. The minimum Gasteiger partial charge on any atom is -0.508 e. The fourth-order valence-corrected chi connectivity index (χ4v) is 10.3. The number of phenolic OH excluding ortho intramolecular Hbond substituents is 1. The molecule has 306 valence electrons. The second-order valence-electron chi connectivity index (χ2n) is 18.3. The lowest BCUT2D eigenvalue weighted by Gasteiger charge is -2.55. The van der Waals surface area contributed by atoms with Crippen molar-refractivity contribution in [3.63, 3.8) is 0 Å². The van der Waals surface area contributed by atoms with Crippen molar-refractivity contribution < 1.29 is 18.6 Å². The topological polar surface area (TPSA) is 77.9 Å². The molecule has 0 bridgehead atoms. The van der Waals surface area contributed by atoms with Gasteiger partial charge in [-0.05, 0) is 117 Å². The van der Waals surface area contributed by atoms with Crippen molar-refractivity contribution in [1.29, 1.82) is 0 Å². The first kappa shape index (κ1) is 40.8. The van der Waals surface area contributed by atoms with Gasteiger partial charge in [0.2, 0.25) is 0 Å². The maximum Gasteiger partial charge on any atom is 0.319 e. The van der Waals surface area contributed by atoms with Crippen molar-refractivity contribution in [2.45, 2.75) is 119 Å². The fourth-order valence-electron chi connectivity index (χ4n) is 10.3. The second kappa shape index (κ2) is 17.2. The minimum absolute atomic E-state index is 0.00727. The van der Waals surface area contributed by atoms with Crippen LogP contribution in [0, 0.1) is 28.5 Å². The van der Waals surface area contributed by atoms with Crippen molar-refractivity contribution in [3.05, 3.63) is 41.1 Å². The third-order valence-corrected chi connectivity index (χ3v) is 13.6. The number of likely N-dealkylation sites (tertiary alicyclic amines) is 2. The maximum absolute atomic E-state index is 17.1. The molecule has 3 fully saturated rings. The first-order valence-corrected chi connectivity index (χ1v) is 21.9. The lowest BCUT2D eigenvalue weighted by atomic mass is 9.71. The molecule has 1 spiro atoms. The van der Waals surface area contributed by atoms with Gasteiger partial charge in [0.1, 0.15) is 28.6 Å². The molecule has 7 rings (SSSR count). The van der Waals surface area contributed by atoms with Crippen LogP contribution in [-0.4, -0.2) is 88.8 Å². The minimum atomic E-state index is -0.614. The Morgan fingerprint density at radius 1 is 1.00 bits per heavy atom. The van der Waals surface area contributed by atoms with E-state index in [1.807, 2.05) is 6.92 Å². The van der Waals surface area contributed by atoms with Crippen molar-refractivity contribution in [3.8, 4) is 23.0 Å². The molecule has 0 amide bonds. The molecule has 3 saturated heterocycles. The number of hydrogen-bond acceptors (Lipinski definition) is 8. The van der Waals surface area contributed by atoms with Gasteiger partial charge in [-0.25, -0.2) is 8.78 Å². The molecular formula is C46H66F2N6O2. The first-order chi connectivity index (χ1) is 27.0. The Kier molecular flexibility index (Phi) is 12.6. The van der Waals surface area contributed by atoms with E-state index in [4.69, 9.17) is 14.7 Å². The summed E-state index contributed by atoms with van der Waals surface area (Å²) in [4.78, 5) is 21.9. The van der Waals surface area contributed by atoms with E-state index < -0.39 is 5.82 Å². The van der Waals surface area contributed by atoms with E-state index in [-0.39, 0.29) is 40.6 Å². The molecule has 0 saturated carbocycles.